The van der Waals surface area contributed by atoms with E-state index in [1.165, 1.54) is 0 Å². The van der Waals surface area contributed by atoms with E-state index in [2.05, 4.69) is 24.1 Å². The SMILES string of the molecule is CCN(CC)Cc1ccc(C(=O)N[C@@H]2CCS(=O)(=O)C2)o1. The van der Waals surface area contributed by atoms with Crippen LogP contribution in [0.1, 0.15) is 36.6 Å². The average Bonchev–Trinajstić information content (AvgIpc) is 3.02. The third kappa shape index (κ3) is 4.31. The topological polar surface area (TPSA) is 79.6 Å². The maximum atomic E-state index is 12.0. The number of hydrogen-bond donors (Lipinski definition) is 1. The summed E-state index contributed by atoms with van der Waals surface area (Å²) in [7, 11) is -2.99. The molecule has 0 bridgehead atoms. The molecular weight excluding hydrogens is 292 g/mol. The Bertz CT molecular complexity index is 590. The first-order valence-corrected chi connectivity index (χ1v) is 9.08. The normalized spacial score (nSPS) is 20.8. The number of sulfone groups is 1. The van der Waals surface area contributed by atoms with E-state index in [-0.39, 0.29) is 29.2 Å². The summed E-state index contributed by atoms with van der Waals surface area (Å²) in [6, 6.07) is 3.12. The maximum Gasteiger partial charge on any atom is 0.287 e. The Morgan fingerprint density at radius 2 is 2.10 bits per heavy atom. The predicted octanol–water partition coefficient (Wildman–Crippen LogP) is 1.04. The summed E-state index contributed by atoms with van der Waals surface area (Å²) in [5.41, 5.74) is 0. The first kappa shape index (κ1) is 16.0. The minimum atomic E-state index is -2.99. The second-order valence-corrected chi connectivity index (χ2v) is 7.53. The fraction of sp³-hybridized carbons (Fsp3) is 0.643. The van der Waals surface area contributed by atoms with E-state index in [9.17, 15) is 13.2 Å². The van der Waals surface area contributed by atoms with Gasteiger partial charge in [0.25, 0.3) is 5.91 Å². The lowest BCUT2D eigenvalue weighted by Gasteiger charge is -2.15. The number of nitrogens with zero attached hydrogens (tertiary/aromatic N) is 1. The van der Waals surface area contributed by atoms with Gasteiger partial charge in [-0.05, 0) is 31.6 Å². The molecule has 1 fully saturated rings. The van der Waals surface area contributed by atoms with E-state index in [1.54, 1.807) is 12.1 Å². The first-order valence-electron chi connectivity index (χ1n) is 7.26. The van der Waals surface area contributed by atoms with Crippen LogP contribution in [-0.4, -0.2) is 49.9 Å². The van der Waals surface area contributed by atoms with Crippen LogP contribution >= 0.6 is 0 Å². The van der Waals surface area contributed by atoms with Gasteiger partial charge in [0.1, 0.15) is 5.76 Å². The second kappa shape index (κ2) is 6.62. The largest absolute Gasteiger partial charge is 0.455 e. The van der Waals surface area contributed by atoms with E-state index < -0.39 is 9.84 Å². The summed E-state index contributed by atoms with van der Waals surface area (Å²) in [6.45, 7) is 6.64. The van der Waals surface area contributed by atoms with E-state index >= 15 is 0 Å². The number of hydrogen-bond acceptors (Lipinski definition) is 5. The van der Waals surface area contributed by atoms with Crippen LogP contribution in [0.3, 0.4) is 0 Å². The molecule has 1 aliphatic rings. The fourth-order valence-corrected chi connectivity index (χ4v) is 4.09. The zero-order chi connectivity index (χ0) is 15.5. The molecule has 1 aromatic heterocycles. The summed E-state index contributed by atoms with van der Waals surface area (Å²) in [5.74, 6) is 0.793. The smallest absolute Gasteiger partial charge is 0.287 e. The van der Waals surface area contributed by atoms with E-state index in [0.717, 1.165) is 18.8 Å². The molecule has 0 aromatic carbocycles. The first-order chi connectivity index (χ1) is 9.93. The third-order valence-corrected chi connectivity index (χ3v) is 5.49. The molecule has 1 amide bonds. The maximum absolute atomic E-state index is 12.0. The number of carbonyl (C=O) groups is 1. The standard InChI is InChI=1S/C14H22N2O4S/c1-3-16(4-2)9-12-5-6-13(20-12)14(17)15-11-7-8-21(18,19)10-11/h5-6,11H,3-4,7-10H2,1-2H3,(H,15,17)/t11-/m1/s1. The monoisotopic (exact) mass is 314 g/mol. The molecule has 1 aromatic rings. The zero-order valence-electron chi connectivity index (χ0n) is 12.5. The number of furan rings is 1. The third-order valence-electron chi connectivity index (χ3n) is 3.73. The van der Waals surface area contributed by atoms with Crippen molar-refractivity contribution < 1.29 is 17.6 Å². The van der Waals surface area contributed by atoms with Gasteiger partial charge in [-0.15, -0.1) is 0 Å². The van der Waals surface area contributed by atoms with Crippen LogP contribution in [0.5, 0.6) is 0 Å². The Kier molecular flexibility index (Phi) is 5.05. The van der Waals surface area contributed by atoms with Gasteiger partial charge in [0.2, 0.25) is 0 Å². The van der Waals surface area contributed by atoms with Crippen LogP contribution in [0.25, 0.3) is 0 Å². The van der Waals surface area contributed by atoms with Gasteiger partial charge in [-0.1, -0.05) is 13.8 Å². The Hall–Kier alpha value is -1.34. The lowest BCUT2D eigenvalue weighted by molar-refractivity contribution is 0.0909. The van der Waals surface area contributed by atoms with E-state index in [4.69, 9.17) is 4.42 Å². The number of carbonyl (C=O) groups excluding carboxylic acids is 1. The van der Waals surface area contributed by atoms with Crippen molar-refractivity contribution in [2.75, 3.05) is 24.6 Å². The molecule has 2 heterocycles. The molecule has 2 rings (SSSR count). The van der Waals surface area contributed by atoms with Crippen molar-refractivity contribution in [3.63, 3.8) is 0 Å². The van der Waals surface area contributed by atoms with Gasteiger partial charge < -0.3 is 9.73 Å². The average molecular weight is 314 g/mol. The highest BCUT2D eigenvalue weighted by Gasteiger charge is 2.29. The molecule has 0 unspecified atom stereocenters. The highest BCUT2D eigenvalue weighted by atomic mass is 32.2. The highest BCUT2D eigenvalue weighted by Crippen LogP contribution is 2.14. The summed E-state index contributed by atoms with van der Waals surface area (Å²) in [4.78, 5) is 14.2. The minimum absolute atomic E-state index is 0.0196. The molecule has 7 heteroatoms. The Morgan fingerprint density at radius 1 is 1.38 bits per heavy atom. The molecule has 118 valence electrons. The molecule has 0 radical (unpaired) electrons. The number of nitrogens with one attached hydrogen (secondary N) is 1. The van der Waals surface area contributed by atoms with Crippen molar-refractivity contribution in [2.24, 2.45) is 0 Å². The van der Waals surface area contributed by atoms with Gasteiger partial charge in [0, 0.05) is 6.04 Å². The lowest BCUT2D eigenvalue weighted by Crippen LogP contribution is -2.35. The molecule has 1 saturated heterocycles. The van der Waals surface area contributed by atoms with Crippen LogP contribution in [0.2, 0.25) is 0 Å². The van der Waals surface area contributed by atoms with E-state index in [0.29, 0.717) is 13.0 Å². The van der Waals surface area contributed by atoms with Gasteiger partial charge in [0.05, 0.1) is 18.1 Å². The fourth-order valence-electron chi connectivity index (χ4n) is 2.42. The van der Waals surface area contributed by atoms with Crippen molar-refractivity contribution in [3.8, 4) is 0 Å². The summed E-state index contributed by atoms with van der Waals surface area (Å²) in [5, 5.41) is 2.72. The van der Waals surface area contributed by atoms with Crippen molar-refractivity contribution in [1.29, 1.82) is 0 Å². The molecule has 1 atom stereocenters. The van der Waals surface area contributed by atoms with Crippen LogP contribution in [-0.2, 0) is 16.4 Å². The summed E-state index contributed by atoms with van der Waals surface area (Å²) < 4.78 is 28.3. The second-order valence-electron chi connectivity index (χ2n) is 5.30. The Morgan fingerprint density at radius 3 is 2.67 bits per heavy atom. The molecule has 1 N–H and O–H groups in total. The van der Waals surface area contributed by atoms with Crippen LogP contribution < -0.4 is 5.32 Å². The highest BCUT2D eigenvalue weighted by molar-refractivity contribution is 7.91. The molecular formula is C14H22N2O4S. The zero-order valence-corrected chi connectivity index (χ0v) is 13.3. The molecule has 0 spiro atoms. The summed E-state index contributed by atoms with van der Waals surface area (Å²) in [6.07, 6.45) is 0.473. The van der Waals surface area contributed by atoms with Gasteiger partial charge >= 0.3 is 0 Å². The van der Waals surface area contributed by atoms with Gasteiger partial charge in [0.15, 0.2) is 15.6 Å². The molecule has 0 saturated carbocycles. The van der Waals surface area contributed by atoms with Crippen molar-refractivity contribution >= 4 is 15.7 Å². The van der Waals surface area contributed by atoms with Crippen molar-refractivity contribution in [3.05, 3.63) is 23.7 Å². The minimum Gasteiger partial charge on any atom is -0.455 e. The molecule has 1 aliphatic heterocycles. The molecule has 6 nitrogen and oxygen atoms in total. The molecule has 21 heavy (non-hydrogen) atoms. The predicted molar refractivity (Wildman–Crippen MR) is 79.9 cm³/mol. The van der Waals surface area contributed by atoms with Crippen LogP contribution in [0, 0.1) is 0 Å². The van der Waals surface area contributed by atoms with Gasteiger partial charge in [-0.3, -0.25) is 9.69 Å². The Balaban J connectivity index is 1.93. The molecule has 0 aliphatic carbocycles. The number of rotatable bonds is 6. The lowest BCUT2D eigenvalue weighted by atomic mass is 10.2. The number of amides is 1. The van der Waals surface area contributed by atoms with Gasteiger partial charge in [-0.25, -0.2) is 8.42 Å². The van der Waals surface area contributed by atoms with Gasteiger partial charge in [-0.2, -0.15) is 0 Å². The summed E-state index contributed by atoms with van der Waals surface area (Å²) >= 11 is 0. The van der Waals surface area contributed by atoms with Crippen LogP contribution in [0.4, 0.5) is 0 Å². The van der Waals surface area contributed by atoms with Crippen molar-refractivity contribution in [2.45, 2.75) is 32.9 Å². The quantitative estimate of drug-likeness (QED) is 0.848. The van der Waals surface area contributed by atoms with Crippen molar-refractivity contribution in [1.82, 2.24) is 10.2 Å². The van der Waals surface area contributed by atoms with Crippen LogP contribution in [0.15, 0.2) is 16.5 Å². The van der Waals surface area contributed by atoms with E-state index in [1.807, 2.05) is 0 Å². The Labute approximate surface area is 125 Å².